The number of anilines is 1. The van der Waals surface area contributed by atoms with Crippen molar-refractivity contribution in [3.63, 3.8) is 0 Å². The normalized spacial score (nSPS) is 20.1. The Labute approximate surface area is 193 Å². The standard InChI is InChI=1S/C24H24F3N3O2S/c1-15-12-29(14-18-5-3-4-17(10-18)6-9-22(31)32)13-16(2)30(15)23-28-20-11-19(24(25,26)27)7-8-21(20)33-23/h3-11,15-16H,12-14H2,1-2H3,(H,31,32)/b9-6+/t15-,16+. The van der Waals surface area contributed by atoms with Crippen molar-refractivity contribution in [1.29, 1.82) is 0 Å². The molecule has 9 heteroatoms. The lowest BCUT2D eigenvalue weighted by Gasteiger charge is -2.44. The molecule has 0 radical (unpaired) electrons. The van der Waals surface area contributed by atoms with E-state index in [4.69, 9.17) is 5.11 Å². The van der Waals surface area contributed by atoms with Crippen molar-refractivity contribution in [2.75, 3.05) is 18.0 Å². The van der Waals surface area contributed by atoms with Crippen LogP contribution in [0.5, 0.6) is 0 Å². The van der Waals surface area contributed by atoms with E-state index in [1.807, 2.05) is 24.3 Å². The number of aliphatic carboxylic acids is 1. The molecule has 0 bridgehead atoms. The molecule has 0 saturated carbocycles. The SMILES string of the molecule is C[C@@H]1CN(Cc2cccc(/C=C/C(=O)O)c2)C[C@H](C)N1c1nc2cc(C(F)(F)F)ccc2s1. The highest BCUT2D eigenvalue weighted by molar-refractivity contribution is 7.22. The smallest absolute Gasteiger partial charge is 0.416 e. The second-order valence-electron chi connectivity index (χ2n) is 8.39. The lowest BCUT2D eigenvalue weighted by atomic mass is 10.1. The first kappa shape index (κ1) is 23.3. The van der Waals surface area contributed by atoms with Crippen molar-refractivity contribution >= 4 is 38.7 Å². The molecule has 33 heavy (non-hydrogen) atoms. The molecular formula is C24H24F3N3O2S. The predicted octanol–water partition coefficient (Wildman–Crippen LogP) is 5.51. The number of thiazole rings is 1. The maximum Gasteiger partial charge on any atom is 0.416 e. The molecule has 174 valence electrons. The Morgan fingerprint density at radius 1 is 1.18 bits per heavy atom. The summed E-state index contributed by atoms with van der Waals surface area (Å²) in [5.74, 6) is -0.983. The first-order valence-corrected chi connectivity index (χ1v) is 11.4. The summed E-state index contributed by atoms with van der Waals surface area (Å²) in [7, 11) is 0. The number of carboxylic acids is 1. The molecule has 1 saturated heterocycles. The molecule has 4 rings (SSSR count). The number of benzene rings is 2. The minimum atomic E-state index is -4.38. The summed E-state index contributed by atoms with van der Waals surface area (Å²) in [5, 5.41) is 9.56. The Hall–Kier alpha value is -2.91. The average Bonchev–Trinajstić information content (AvgIpc) is 3.14. The van der Waals surface area contributed by atoms with Crippen molar-refractivity contribution < 1.29 is 23.1 Å². The number of fused-ring (bicyclic) bond motifs is 1. The highest BCUT2D eigenvalue weighted by Gasteiger charge is 2.33. The number of hydrogen-bond donors (Lipinski definition) is 1. The molecule has 1 N–H and O–H groups in total. The first-order chi connectivity index (χ1) is 15.6. The number of nitrogens with zero attached hydrogens (tertiary/aromatic N) is 3. The molecule has 1 aromatic heterocycles. The zero-order chi connectivity index (χ0) is 23.8. The van der Waals surface area contributed by atoms with Crippen LogP contribution in [0.15, 0.2) is 48.5 Å². The summed E-state index contributed by atoms with van der Waals surface area (Å²) in [5.41, 5.74) is 1.62. The maximum absolute atomic E-state index is 13.1. The first-order valence-electron chi connectivity index (χ1n) is 10.6. The van der Waals surface area contributed by atoms with E-state index in [9.17, 15) is 18.0 Å². The van der Waals surface area contributed by atoms with Crippen molar-refractivity contribution in [2.45, 2.75) is 38.7 Å². The Bertz CT molecular complexity index is 1180. The molecule has 1 aliphatic heterocycles. The zero-order valence-electron chi connectivity index (χ0n) is 18.2. The van der Waals surface area contributed by atoms with Crippen LogP contribution in [0.1, 0.15) is 30.5 Å². The van der Waals surface area contributed by atoms with Gasteiger partial charge in [0.05, 0.1) is 15.8 Å². The Morgan fingerprint density at radius 3 is 2.58 bits per heavy atom. The third kappa shape index (κ3) is 5.36. The summed E-state index contributed by atoms with van der Waals surface area (Å²) < 4.78 is 39.9. The summed E-state index contributed by atoms with van der Waals surface area (Å²) in [6, 6.07) is 11.8. The highest BCUT2D eigenvalue weighted by Crippen LogP contribution is 2.37. The van der Waals surface area contributed by atoms with Gasteiger partial charge in [-0.3, -0.25) is 4.90 Å². The van der Waals surface area contributed by atoms with Gasteiger partial charge in [0.15, 0.2) is 5.13 Å². The van der Waals surface area contributed by atoms with E-state index in [2.05, 4.69) is 28.6 Å². The summed E-state index contributed by atoms with van der Waals surface area (Å²) in [4.78, 5) is 19.8. The van der Waals surface area contributed by atoms with Crippen LogP contribution in [0.2, 0.25) is 0 Å². The van der Waals surface area contributed by atoms with Gasteiger partial charge in [-0.2, -0.15) is 13.2 Å². The predicted molar refractivity (Wildman–Crippen MR) is 124 cm³/mol. The monoisotopic (exact) mass is 475 g/mol. The molecular weight excluding hydrogens is 451 g/mol. The second-order valence-corrected chi connectivity index (χ2v) is 9.40. The lowest BCUT2D eigenvalue weighted by Crippen LogP contribution is -2.56. The number of carbonyl (C=O) groups is 1. The molecule has 1 aliphatic rings. The van der Waals surface area contributed by atoms with Crippen molar-refractivity contribution in [2.24, 2.45) is 0 Å². The third-order valence-corrected chi connectivity index (χ3v) is 6.74. The molecule has 1 fully saturated rings. The van der Waals surface area contributed by atoms with E-state index in [1.165, 1.54) is 17.4 Å². The molecule has 2 aromatic carbocycles. The van der Waals surface area contributed by atoms with E-state index in [0.717, 1.165) is 58.8 Å². The summed E-state index contributed by atoms with van der Waals surface area (Å²) >= 11 is 1.42. The number of halogens is 3. The minimum absolute atomic E-state index is 0.131. The minimum Gasteiger partial charge on any atom is -0.478 e. The van der Waals surface area contributed by atoms with Crippen LogP contribution in [0, 0.1) is 0 Å². The number of carboxylic acid groups (broad SMARTS) is 1. The van der Waals surface area contributed by atoms with Crippen LogP contribution in [-0.2, 0) is 17.5 Å². The topological polar surface area (TPSA) is 56.7 Å². The summed E-state index contributed by atoms with van der Waals surface area (Å²) in [6.07, 6.45) is -1.69. The molecule has 3 aromatic rings. The molecule has 2 atom stereocenters. The number of alkyl halides is 3. The van der Waals surface area contributed by atoms with Gasteiger partial charge < -0.3 is 10.0 Å². The van der Waals surface area contributed by atoms with Gasteiger partial charge in [0, 0.05) is 37.8 Å². The number of hydrogen-bond acceptors (Lipinski definition) is 5. The molecule has 5 nitrogen and oxygen atoms in total. The van der Waals surface area contributed by atoms with Crippen LogP contribution in [-0.4, -0.2) is 46.1 Å². The molecule has 2 heterocycles. The van der Waals surface area contributed by atoms with E-state index in [0.29, 0.717) is 5.52 Å². The van der Waals surface area contributed by atoms with Crippen LogP contribution in [0.25, 0.3) is 16.3 Å². The van der Waals surface area contributed by atoms with Gasteiger partial charge in [-0.15, -0.1) is 0 Å². The fourth-order valence-corrected chi connectivity index (χ4v) is 5.51. The van der Waals surface area contributed by atoms with Gasteiger partial charge in [0.25, 0.3) is 0 Å². The van der Waals surface area contributed by atoms with Crippen LogP contribution in [0.4, 0.5) is 18.3 Å². The van der Waals surface area contributed by atoms with Crippen LogP contribution < -0.4 is 4.90 Å². The molecule has 0 spiro atoms. The Morgan fingerprint density at radius 2 is 1.91 bits per heavy atom. The van der Waals surface area contributed by atoms with Gasteiger partial charge in [-0.25, -0.2) is 9.78 Å². The second kappa shape index (κ2) is 9.15. The van der Waals surface area contributed by atoms with Crippen LogP contribution >= 0.6 is 11.3 Å². The van der Waals surface area contributed by atoms with E-state index >= 15 is 0 Å². The molecule has 0 amide bonds. The van der Waals surface area contributed by atoms with E-state index in [1.54, 1.807) is 6.08 Å². The largest absolute Gasteiger partial charge is 0.478 e. The summed E-state index contributed by atoms with van der Waals surface area (Å²) in [6.45, 7) is 6.49. The Kier molecular flexibility index (Phi) is 6.45. The van der Waals surface area contributed by atoms with Crippen molar-refractivity contribution in [1.82, 2.24) is 9.88 Å². The quantitative estimate of drug-likeness (QED) is 0.493. The molecule has 0 unspecified atom stereocenters. The van der Waals surface area contributed by atoms with Gasteiger partial charge in [-0.05, 0) is 49.2 Å². The fourth-order valence-electron chi connectivity index (χ4n) is 4.36. The van der Waals surface area contributed by atoms with Gasteiger partial charge in [0.1, 0.15) is 0 Å². The van der Waals surface area contributed by atoms with Crippen LogP contribution in [0.3, 0.4) is 0 Å². The van der Waals surface area contributed by atoms with E-state index < -0.39 is 17.7 Å². The van der Waals surface area contributed by atoms with E-state index in [-0.39, 0.29) is 12.1 Å². The maximum atomic E-state index is 13.1. The Balaban J connectivity index is 1.48. The number of piperazine rings is 1. The van der Waals surface area contributed by atoms with Gasteiger partial charge >= 0.3 is 12.1 Å². The lowest BCUT2D eigenvalue weighted by molar-refractivity contribution is -0.137. The fraction of sp³-hybridized carbons (Fsp3) is 0.333. The van der Waals surface area contributed by atoms with Gasteiger partial charge in [0.2, 0.25) is 0 Å². The zero-order valence-corrected chi connectivity index (χ0v) is 19.0. The average molecular weight is 476 g/mol. The number of rotatable bonds is 5. The highest BCUT2D eigenvalue weighted by atomic mass is 32.1. The van der Waals surface area contributed by atoms with Gasteiger partial charge in [-0.1, -0.05) is 35.6 Å². The third-order valence-electron chi connectivity index (χ3n) is 5.69. The molecule has 0 aliphatic carbocycles. The number of aromatic nitrogens is 1. The van der Waals surface area contributed by atoms with Crippen molar-refractivity contribution in [3.8, 4) is 0 Å². The van der Waals surface area contributed by atoms with Crippen molar-refractivity contribution in [3.05, 3.63) is 65.2 Å².